The molecule has 25 heavy (non-hydrogen) atoms. The fourth-order valence-electron chi connectivity index (χ4n) is 2.41. The van der Waals surface area contributed by atoms with Crippen LogP contribution in [0.1, 0.15) is 16.7 Å². The molecule has 3 rings (SSSR count). The van der Waals surface area contributed by atoms with Crippen LogP contribution >= 0.6 is 0 Å². The molecule has 0 saturated carbocycles. The zero-order valence-electron chi connectivity index (χ0n) is 13.6. The third kappa shape index (κ3) is 5.14. The number of hydrogen-bond acceptors (Lipinski definition) is 3. The molecule has 0 aliphatic carbocycles. The number of aromatic nitrogens is 2. The lowest BCUT2D eigenvalue weighted by Crippen LogP contribution is -2.21. The molecule has 5 nitrogen and oxygen atoms in total. The third-order valence-electron chi connectivity index (χ3n) is 3.71. The van der Waals surface area contributed by atoms with Gasteiger partial charge in [-0.3, -0.25) is 4.68 Å². The second kappa shape index (κ2) is 7.92. The van der Waals surface area contributed by atoms with Crippen molar-refractivity contribution in [3.05, 3.63) is 95.2 Å². The predicted molar refractivity (Wildman–Crippen MR) is 99.0 cm³/mol. The standard InChI is InChI=1S/C19H19N3O2S/c23-25(24,14-11-17-7-2-1-3-8-17)21-15-18-9-4-5-10-19(18)16-22-13-6-12-20-22/h1-14,21H,15-16H2. The Balaban J connectivity index is 1.67. The molecule has 0 aliphatic heterocycles. The van der Waals surface area contributed by atoms with Crippen molar-refractivity contribution in [2.75, 3.05) is 0 Å². The Kier molecular flexibility index (Phi) is 5.42. The van der Waals surface area contributed by atoms with Gasteiger partial charge in [-0.25, -0.2) is 13.1 Å². The normalized spacial score (nSPS) is 11.8. The minimum atomic E-state index is -3.51. The molecule has 0 atom stereocenters. The molecule has 0 aliphatic rings. The maximum Gasteiger partial charge on any atom is 0.234 e. The molecule has 0 bridgehead atoms. The van der Waals surface area contributed by atoms with Crippen LogP contribution in [-0.4, -0.2) is 18.2 Å². The first-order valence-corrected chi connectivity index (χ1v) is 9.44. The minimum Gasteiger partial charge on any atom is -0.268 e. The van der Waals surface area contributed by atoms with Crippen molar-refractivity contribution in [3.8, 4) is 0 Å². The van der Waals surface area contributed by atoms with Crippen LogP contribution in [0.5, 0.6) is 0 Å². The van der Waals surface area contributed by atoms with Gasteiger partial charge in [0.15, 0.2) is 0 Å². The van der Waals surface area contributed by atoms with Crippen molar-refractivity contribution in [2.45, 2.75) is 13.1 Å². The van der Waals surface area contributed by atoms with E-state index < -0.39 is 10.0 Å². The van der Waals surface area contributed by atoms with Crippen molar-refractivity contribution in [2.24, 2.45) is 0 Å². The van der Waals surface area contributed by atoms with Gasteiger partial charge >= 0.3 is 0 Å². The van der Waals surface area contributed by atoms with E-state index in [1.54, 1.807) is 12.3 Å². The molecule has 0 amide bonds. The van der Waals surface area contributed by atoms with Gasteiger partial charge < -0.3 is 0 Å². The monoisotopic (exact) mass is 353 g/mol. The van der Waals surface area contributed by atoms with Crippen LogP contribution in [0.4, 0.5) is 0 Å². The largest absolute Gasteiger partial charge is 0.268 e. The van der Waals surface area contributed by atoms with Gasteiger partial charge in [-0.2, -0.15) is 5.10 Å². The SMILES string of the molecule is O=S(=O)(C=Cc1ccccc1)NCc1ccccc1Cn1cccn1. The summed E-state index contributed by atoms with van der Waals surface area (Å²) in [7, 11) is -3.51. The van der Waals surface area contributed by atoms with Crippen LogP contribution < -0.4 is 4.72 Å². The highest BCUT2D eigenvalue weighted by atomic mass is 32.2. The van der Waals surface area contributed by atoms with E-state index in [-0.39, 0.29) is 6.54 Å². The lowest BCUT2D eigenvalue weighted by molar-refractivity contribution is 0.590. The molecule has 2 aromatic carbocycles. The second-order valence-corrected chi connectivity index (χ2v) is 7.20. The summed E-state index contributed by atoms with van der Waals surface area (Å²) < 4.78 is 28.8. The quantitative estimate of drug-likeness (QED) is 0.710. The molecular formula is C19H19N3O2S. The summed E-state index contributed by atoms with van der Waals surface area (Å²) in [4.78, 5) is 0. The zero-order valence-corrected chi connectivity index (χ0v) is 14.4. The molecule has 128 valence electrons. The van der Waals surface area contributed by atoms with E-state index in [0.29, 0.717) is 6.54 Å². The fourth-order valence-corrected chi connectivity index (χ4v) is 3.20. The number of sulfonamides is 1. The summed E-state index contributed by atoms with van der Waals surface area (Å²) in [5.74, 6) is 0. The van der Waals surface area contributed by atoms with Crippen molar-refractivity contribution in [3.63, 3.8) is 0 Å². The van der Waals surface area contributed by atoms with E-state index >= 15 is 0 Å². The van der Waals surface area contributed by atoms with Gasteiger partial charge in [0.25, 0.3) is 0 Å². The molecule has 1 N–H and O–H groups in total. The Morgan fingerprint density at radius 1 is 0.960 bits per heavy atom. The van der Waals surface area contributed by atoms with Gasteiger partial charge in [-0.05, 0) is 28.8 Å². The molecule has 0 unspecified atom stereocenters. The average molecular weight is 353 g/mol. The van der Waals surface area contributed by atoms with Gasteiger partial charge in [0.2, 0.25) is 10.0 Å². The number of rotatable bonds is 7. The van der Waals surface area contributed by atoms with Crippen LogP contribution in [0.15, 0.2) is 78.5 Å². The average Bonchev–Trinajstić information content (AvgIpc) is 3.13. The Labute approximate surface area is 147 Å². The van der Waals surface area contributed by atoms with Crippen LogP contribution in [0, 0.1) is 0 Å². The summed E-state index contributed by atoms with van der Waals surface area (Å²) in [6, 6.07) is 18.9. The minimum absolute atomic E-state index is 0.235. The summed E-state index contributed by atoms with van der Waals surface area (Å²) >= 11 is 0. The van der Waals surface area contributed by atoms with E-state index in [9.17, 15) is 8.42 Å². The van der Waals surface area contributed by atoms with E-state index in [4.69, 9.17) is 0 Å². The molecule has 1 aromatic heterocycles. The Hall–Kier alpha value is -2.70. The lowest BCUT2D eigenvalue weighted by atomic mass is 10.1. The first-order chi connectivity index (χ1) is 12.1. The van der Waals surface area contributed by atoms with Crippen LogP contribution in [-0.2, 0) is 23.1 Å². The summed E-state index contributed by atoms with van der Waals surface area (Å²) in [6.45, 7) is 0.837. The van der Waals surface area contributed by atoms with Crippen molar-refractivity contribution in [1.29, 1.82) is 0 Å². The lowest BCUT2D eigenvalue weighted by Gasteiger charge is -2.10. The summed E-state index contributed by atoms with van der Waals surface area (Å²) in [5.41, 5.74) is 2.79. The van der Waals surface area contributed by atoms with Crippen molar-refractivity contribution < 1.29 is 8.42 Å². The smallest absolute Gasteiger partial charge is 0.234 e. The van der Waals surface area contributed by atoms with Gasteiger partial charge in [0, 0.05) is 24.3 Å². The molecule has 6 heteroatoms. The molecular weight excluding hydrogens is 334 g/mol. The highest BCUT2D eigenvalue weighted by molar-refractivity contribution is 7.92. The maximum absolute atomic E-state index is 12.2. The molecule has 0 radical (unpaired) electrons. The van der Waals surface area contributed by atoms with E-state index in [2.05, 4.69) is 9.82 Å². The maximum atomic E-state index is 12.2. The van der Waals surface area contributed by atoms with Crippen molar-refractivity contribution in [1.82, 2.24) is 14.5 Å². The molecule has 0 spiro atoms. The summed E-state index contributed by atoms with van der Waals surface area (Å²) in [6.07, 6.45) is 5.18. The molecule has 1 heterocycles. The molecule has 3 aromatic rings. The van der Waals surface area contributed by atoms with Gasteiger partial charge in [0.1, 0.15) is 0 Å². The number of hydrogen-bond donors (Lipinski definition) is 1. The topological polar surface area (TPSA) is 64.0 Å². The Morgan fingerprint density at radius 2 is 1.68 bits per heavy atom. The Morgan fingerprint density at radius 3 is 2.40 bits per heavy atom. The third-order valence-corrected chi connectivity index (χ3v) is 4.75. The Bertz CT molecular complexity index is 934. The molecule has 0 saturated heterocycles. The highest BCUT2D eigenvalue weighted by Crippen LogP contribution is 2.11. The highest BCUT2D eigenvalue weighted by Gasteiger charge is 2.08. The van der Waals surface area contributed by atoms with Crippen LogP contribution in [0.2, 0.25) is 0 Å². The van der Waals surface area contributed by atoms with Crippen LogP contribution in [0.25, 0.3) is 6.08 Å². The van der Waals surface area contributed by atoms with E-state index in [1.165, 1.54) is 5.41 Å². The first-order valence-electron chi connectivity index (χ1n) is 7.89. The zero-order chi connectivity index (χ0) is 17.5. The van der Waals surface area contributed by atoms with Gasteiger partial charge in [0.05, 0.1) is 6.54 Å². The first kappa shape index (κ1) is 17.1. The van der Waals surface area contributed by atoms with Gasteiger partial charge in [-0.1, -0.05) is 54.6 Å². The van der Waals surface area contributed by atoms with E-state index in [1.807, 2.05) is 71.5 Å². The van der Waals surface area contributed by atoms with E-state index in [0.717, 1.165) is 16.7 Å². The number of benzene rings is 2. The van der Waals surface area contributed by atoms with Crippen LogP contribution in [0.3, 0.4) is 0 Å². The number of nitrogens with one attached hydrogen (secondary N) is 1. The van der Waals surface area contributed by atoms with Crippen molar-refractivity contribution >= 4 is 16.1 Å². The summed E-state index contributed by atoms with van der Waals surface area (Å²) in [5, 5.41) is 5.38. The fraction of sp³-hybridized carbons (Fsp3) is 0.105. The number of nitrogens with zero attached hydrogens (tertiary/aromatic N) is 2. The predicted octanol–water partition coefficient (Wildman–Crippen LogP) is 3.02. The van der Waals surface area contributed by atoms with Gasteiger partial charge in [-0.15, -0.1) is 0 Å². The molecule has 0 fully saturated rings. The second-order valence-electron chi connectivity index (χ2n) is 5.55.